The van der Waals surface area contributed by atoms with Crippen molar-refractivity contribution >= 4 is 45.0 Å². The van der Waals surface area contributed by atoms with Crippen molar-refractivity contribution in [3.8, 4) is 5.69 Å². The number of carbonyl (C=O) groups is 1. The van der Waals surface area contributed by atoms with Gasteiger partial charge in [-0.3, -0.25) is 4.79 Å². The molecule has 0 unspecified atom stereocenters. The van der Waals surface area contributed by atoms with Gasteiger partial charge in [0, 0.05) is 4.47 Å². The van der Waals surface area contributed by atoms with Crippen LogP contribution in [0.2, 0.25) is 10.0 Å². The Morgan fingerprint density at radius 1 is 1.17 bits per heavy atom. The molecule has 4 nitrogen and oxygen atoms in total. The quantitative estimate of drug-likeness (QED) is 0.324. The van der Waals surface area contributed by atoms with Gasteiger partial charge in [-0.1, -0.05) is 77.5 Å². The number of rotatable bonds is 8. The van der Waals surface area contributed by atoms with Crippen molar-refractivity contribution in [1.29, 1.82) is 0 Å². The molecule has 1 amide bonds. The second-order valence-electron chi connectivity index (χ2n) is 7.23. The van der Waals surface area contributed by atoms with Crippen LogP contribution in [0.5, 0.6) is 0 Å². The first-order valence-electron chi connectivity index (χ1n) is 9.97. The van der Waals surface area contributed by atoms with Crippen molar-refractivity contribution in [2.45, 2.75) is 45.6 Å². The van der Waals surface area contributed by atoms with Gasteiger partial charge in [0.25, 0.3) is 5.91 Å². The molecule has 158 valence electrons. The molecule has 0 bridgehead atoms. The summed E-state index contributed by atoms with van der Waals surface area (Å²) in [5.74, 6) is -0.139. The number of nitrogens with zero attached hydrogens (tertiary/aromatic N) is 2. The molecular formula is C23H24BrCl2N3O. The molecule has 1 heterocycles. The second kappa shape index (κ2) is 10.5. The van der Waals surface area contributed by atoms with Crippen molar-refractivity contribution in [3.05, 3.63) is 80.0 Å². The van der Waals surface area contributed by atoms with Crippen LogP contribution in [0, 0.1) is 6.92 Å². The molecule has 0 saturated heterocycles. The normalized spacial score (nSPS) is 12.0. The number of amides is 1. The summed E-state index contributed by atoms with van der Waals surface area (Å²) in [5.41, 5.74) is 3.12. The highest BCUT2D eigenvalue weighted by molar-refractivity contribution is 9.10. The maximum atomic E-state index is 13.1. The summed E-state index contributed by atoms with van der Waals surface area (Å²) in [4.78, 5) is 13.1. The highest BCUT2D eigenvalue weighted by Crippen LogP contribution is 2.26. The van der Waals surface area contributed by atoms with Crippen LogP contribution in [-0.4, -0.2) is 15.7 Å². The molecule has 3 aromatic rings. The lowest BCUT2D eigenvalue weighted by Crippen LogP contribution is -2.29. The predicted octanol–water partition coefficient (Wildman–Crippen LogP) is 7.30. The van der Waals surface area contributed by atoms with E-state index in [1.54, 1.807) is 23.0 Å². The Balaban J connectivity index is 1.83. The molecule has 0 radical (unpaired) electrons. The Kier molecular flexibility index (Phi) is 7.98. The minimum atomic E-state index is -0.139. The van der Waals surface area contributed by atoms with E-state index in [0.29, 0.717) is 15.6 Å². The van der Waals surface area contributed by atoms with Crippen LogP contribution >= 0.6 is 39.1 Å². The van der Waals surface area contributed by atoms with Crippen LogP contribution < -0.4 is 5.32 Å². The van der Waals surface area contributed by atoms with Gasteiger partial charge in [0.1, 0.15) is 0 Å². The van der Waals surface area contributed by atoms with Gasteiger partial charge in [0.15, 0.2) is 0 Å². The third-order valence-corrected chi connectivity index (χ3v) is 6.29. The third kappa shape index (κ3) is 5.45. The van der Waals surface area contributed by atoms with Crippen LogP contribution in [0.3, 0.4) is 0 Å². The summed E-state index contributed by atoms with van der Waals surface area (Å²) < 4.78 is 2.70. The number of nitrogens with one attached hydrogen (secondary N) is 1. The van der Waals surface area contributed by atoms with E-state index in [1.807, 2.05) is 31.2 Å². The molecule has 0 aliphatic carbocycles. The molecule has 0 aliphatic heterocycles. The summed E-state index contributed by atoms with van der Waals surface area (Å²) in [5, 5.41) is 8.52. The maximum Gasteiger partial charge on any atom is 0.255 e. The van der Waals surface area contributed by atoms with E-state index in [0.717, 1.165) is 47.1 Å². The topological polar surface area (TPSA) is 46.9 Å². The number of benzene rings is 2. The largest absolute Gasteiger partial charge is 0.345 e. The molecule has 2 aromatic carbocycles. The first-order chi connectivity index (χ1) is 14.4. The Labute approximate surface area is 195 Å². The fourth-order valence-corrected chi connectivity index (χ4v) is 4.10. The third-order valence-electron chi connectivity index (χ3n) is 5.05. The first kappa shape index (κ1) is 22.9. The van der Waals surface area contributed by atoms with Gasteiger partial charge in [0.05, 0.1) is 39.2 Å². The van der Waals surface area contributed by atoms with E-state index < -0.39 is 0 Å². The standard InChI is InChI=1S/C23H24BrCl2N3O/c1-3-4-5-9-22(16-7-6-8-17(24)12-16)28-23(30)19-14-27-29(15(19)2)18-10-11-20(25)21(26)13-18/h6-8,10-14,22H,3-5,9H2,1-2H3,(H,28,30)/t22-/m0/s1. The van der Waals surface area contributed by atoms with Crippen molar-refractivity contribution in [2.75, 3.05) is 0 Å². The molecular weight excluding hydrogens is 485 g/mol. The fourth-order valence-electron chi connectivity index (χ4n) is 3.39. The van der Waals surface area contributed by atoms with E-state index >= 15 is 0 Å². The smallest absolute Gasteiger partial charge is 0.255 e. The Bertz CT molecular complexity index is 1040. The fraction of sp³-hybridized carbons (Fsp3) is 0.304. The molecule has 1 atom stereocenters. The Morgan fingerprint density at radius 3 is 2.67 bits per heavy atom. The van der Waals surface area contributed by atoms with Gasteiger partial charge in [-0.15, -0.1) is 0 Å². The summed E-state index contributed by atoms with van der Waals surface area (Å²) in [6.07, 6.45) is 5.80. The van der Waals surface area contributed by atoms with Crippen LogP contribution in [0.4, 0.5) is 0 Å². The minimum absolute atomic E-state index is 0.0609. The van der Waals surface area contributed by atoms with Gasteiger partial charge in [-0.25, -0.2) is 4.68 Å². The van der Waals surface area contributed by atoms with Gasteiger partial charge >= 0.3 is 0 Å². The Morgan fingerprint density at radius 2 is 1.97 bits per heavy atom. The van der Waals surface area contributed by atoms with Gasteiger partial charge < -0.3 is 5.32 Å². The molecule has 0 spiro atoms. The second-order valence-corrected chi connectivity index (χ2v) is 8.96. The zero-order valence-electron chi connectivity index (χ0n) is 17.0. The molecule has 3 rings (SSSR count). The van der Waals surface area contributed by atoms with Crippen LogP contribution in [-0.2, 0) is 0 Å². The SMILES string of the molecule is CCCCC[C@H](NC(=O)c1cnn(-c2ccc(Cl)c(Cl)c2)c1C)c1cccc(Br)c1. The highest BCUT2D eigenvalue weighted by atomic mass is 79.9. The molecule has 1 N–H and O–H groups in total. The number of hydrogen-bond acceptors (Lipinski definition) is 2. The molecule has 0 fully saturated rings. The summed E-state index contributed by atoms with van der Waals surface area (Å²) in [6, 6.07) is 13.3. The predicted molar refractivity (Wildman–Crippen MR) is 127 cm³/mol. The zero-order chi connectivity index (χ0) is 21.7. The lowest BCUT2D eigenvalue weighted by Gasteiger charge is -2.19. The Hall–Kier alpha value is -1.82. The molecule has 0 saturated carbocycles. The maximum absolute atomic E-state index is 13.1. The average Bonchev–Trinajstić information content (AvgIpc) is 3.11. The number of hydrogen-bond donors (Lipinski definition) is 1. The lowest BCUT2D eigenvalue weighted by atomic mass is 10.00. The van der Waals surface area contributed by atoms with E-state index in [9.17, 15) is 4.79 Å². The van der Waals surface area contributed by atoms with E-state index in [4.69, 9.17) is 23.2 Å². The number of carbonyl (C=O) groups excluding carboxylic acids is 1. The lowest BCUT2D eigenvalue weighted by molar-refractivity contribution is 0.0933. The molecule has 7 heteroatoms. The highest BCUT2D eigenvalue weighted by Gasteiger charge is 2.20. The van der Waals surface area contributed by atoms with Crippen LogP contribution in [0.25, 0.3) is 5.69 Å². The molecule has 30 heavy (non-hydrogen) atoms. The van der Waals surface area contributed by atoms with Crippen molar-refractivity contribution < 1.29 is 4.79 Å². The summed E-state index contributed by atoms with van der Waals surface area (Å²) in [7, 11) is 0. The number of aromatic nitrogens is 2. The van der Waals surface area contributed by atoms with Gasteiger partial charge in [0.2, 0.25) is 0 Å². The van der Waals surface area contributed by atoms with Gasteiger partial charge in [-0.2, -0.15) is 5.10 Å². The van der Waals surface area contributed by atoms with Crippen LogP contribution in [0.1, 0.15) is 60.3 Å². The van der Waals surface area contributed by atoms with Crippen molar-refractivity contribution in [3.63, 3.8) is 0 Å². The molecule has 1 aromatic heterocycles. The number of halogens is 3. The molecule has 0 aliphatic rings. The zero-order valence-corrected chi connectivity index (χ0v) is 20.1. The van der Waals surface area contributed by atoms with E-state index in [1.165, 1.54) is 0 Å². The average molecular weight is 509 g/mol. The monoisotopic (exact) mass is 507 g/mol. The van der Waals surface area contributed by atoms with Crippen LogP contribution in [0.15, 0.2) is 53.1 Å². The number of unbranched alkanes of at least 4 members (excludes halogenated alkanes) is 2. The van der Waals surface area contributed by atoms with Crippen molar-refractivity contribution in [2.24, 2.45) is 0 Å². The first-order valence-corrected chi connectivity index (χ1v) is 11.5. The minimum Gasteiger partial charge on any atom is -0.345 e. The summed E-state index contributed by atoms with van der Waals surface area (Å²) >= 11 is 15.7. The summed E-state index contributed by atoms with van der Waals surface area (Å²) in [6.45, 7) is 4.04. The van der Waals surface area contributed by atoms with Gasteiger partial charge in [-0.05, 0) is 49.2 Å². The van der Waals surface area contributed by atoms with E-state index in [2.05, 4.69) is 39.3 Å². The van der Waals surface area contributed by atoms with Crippen molar-refractivity contribution in [1.82, 2.24) is 15.1 Å². The van der Waals surface area contributed by atoms with E-state index in [-0.39, 0.29) is 11.9 Å².